The molecule has 0 saturated carbocycles. The molecule has 0 radical (unpaired) electrons. The van der Waals surface area contributed by atoms with Gasteiger partial charge in [0.1, 0.15) is 5.75 Å². The maximum Gasteiger partial charge on any atom is 0.345 e. The molecule has 0 aromatic heterocycles. The Morgan fingerprint density at radius 2 is 2.12 bits per heavy atom. The van der Waals surface area contributed by atoms with Crippen molar-refractivity contribution in [2.45, 2.75) is 19.4 Å². The van der Waals surface area contributed by atoms with Crippen molar-refractivity contribution in [2.24, 2.45) is 0 Å². The van der Waals surface area contributed by atoms with Crippen molar-refractivity contribution in [1.82, 2.24) is 0 Å². The zero-order chi connectivity index (χ0) is 12.6. The number of fused-ring (bicyclic) bond motifs is 1. The normalized spacial score (nSPS) is 18.2. The number of hydrogen-bond donors (Lipinski definition) is 1. The number of carboxylic acid groups (broad SMARTS) is 1. The van der Waals surface area contributed by atoms with E-state index < -0.39 is 12.1 Å². The molecule has 0 unspecified atom stereocenters. The number of aliphatic carboxylic acids is 1. The Morgan fingerprint density at radius 1 is 1.41 bits per heavy atom. The van der Waals surface area contributed by atoms with Crippen LogP contribution < -0.4 is 4.74 Å². The number of carbonyl (C=O) groups excluding carboxylic acids is 2. The lowest BCUT2D eigenvalue weighted by Crippen LogP contribution is -2.34. The van der Waals surface area contributed by atoms with E-state index in [-0.39, 0.29) is 29.3 Å². The van der Waals surface area contributed by atoms with Crippen molar-refractivity contribution in [3.05, 3.63) is 29.3 Å². The second-order valence-electron chi connectivity index (χ2n) is 3.84. The summed E-state index contributed by atoms with van der Waals surface area (Å²) >= 11 is 0. The van der Waals surface area contributed by atoms with Gasteiger partial charge in [0, 0.05) is 5.56 Å². The standard InChI is InChI=1S/C12H10O5/c1-6(13)7-2-3-10-8(4-7)9(14)5-11(17-10)12(15)16/h2-4,11H,5H2,1H3,(H,15,16)/t11-/m0/s1. The molecular formula is C12H10O5. The molecule has 1 aromatic rings. The lowest BCUT2D eigenvalue weighted by atomic mass is 9.97. The maximum atomic E-state index is 11.7. The molecule has 2 rings (SSSR count). The number of ketones is 2. The molecule has 1 aliphatic rings. The van der Waals surface area contributed by atoms with E-state index in [0.29, 0.717) is 5.56 Å². The minimum absolute atomic E-state index is 0.152. The summed E-state index contributed by atoms with van der Waals surface area (Å²) in [5.74, 6) is -1.42. The number of carbonyl (C=O) groups is 3. The van der Waals surface area contributed by atoms with E-state index in [4.69, 9.17) is 9.84 Å². The molecule has 5 nitrogen and oxygen atoms in total. The number of hydrogen-bond acceptors (Lipinski definition) is 4. The van der Waals surface area contributed by atoms with Crippen LogP contribution in [0.25, 0.3) is 0 Å². The van der Waals surface area contributed by atoms with E-state index in [1.807, 2.05) is 0 Å². The summed E-state index contributed by atoms with van der Waals surface area (Å²) in [7, 11) is 0. The first-order valence-electron chi connectivity index (χ1n) is 5.06. The average Bonchev–Trinajstić information content (AvgIpc) is 2.28. The maximum absolute atomic E-state index is 11.7. The van der Waals surface area contributed by atoms with Crippen molar-refractivity contribution in [3.63, 3.8) is 0 Å². The van der Waals surface area contributed by atoms with E-state index in [0.717, 1.165) is 0 Å². The molecule has 0 amide bonds. The Morgan fingerprint density at radius 3 is 2.71 bits per heavy atom. The van der Waals surface area contributed by atoms with Crippen molar-refractivity contribution in [3.8, 4) is 5.75 Å². The molecule has 0 bridgehead atoms. The van der Waals surface area contributed by atoms with Gasteiger partial charge in [0.15, 0.2) is 11.6 Å². The zero-order valence-electron chi connectivity index (χ0n) is 9.10. The van der Waals surface area contributed by atoms with Crippen LogP contribution in [0.4, 0.5) is 0 Å². The van der Waals surface area contributed by atoms with Gasteiger partial charge in [0.25, 0.3) is 0 Å². The van der Waals surface area contributed by atoms with E-state index in [1.54, 1.807) is 0 Å². The first-order valence-corrected chi connectivity index (χ1v) is 5.06. The largest absolute Gasteiger partial charge is 0.478 e. The fourth-order valence-electron chi connectivity index (χ4n) is 1.68. The molecule has 0 fully saturated rings. The number of benzene rings is 1. The lowest BCUT2D eigenvalue weighted by Gasteiger charge is -2.22. The molecule has 0 aliphatic carbocycles. The molecule has 1 aliphatic heterocycles. The molecule has 17 heavy (non-hydrogen) atoms. The van der Waals surface area contributed by atoms with Crippen LogP contribution in [0.5, 0.6) is 5.75 Å². The van der Waals surface area contributed by atoms with Crippen LogP contribution in [0, 0.1) is 0 Å². The van der Waals surface area contributed by atoms with Crippen molar-refractivity contribution < 1.29 is 24.2 Å². The molecular weight excluding hydrogens is 224 g/mol. The topological polar surface area (TPSA) is 80.7 Å². The Hall–Kier alpha value is -2.17. The monoisotopic (exact) mass is 234 g/mol. The average molecular weight is 234 g/mol. The third-order valence-electron chi connectivity index (χ3n) is 2.60. The van der Waals surface area contributed by atoms with Crippen molar-refractivity contribution in [2.75, 3.05) is 0 Å². The molecule has 1 aromatic carbocycles. The highest BCUT2D eigenvalue weighted by Gasteiger charge is 2.31. The summed E-state index contributed by atoms with van der Waals surface area (Å²) in [6.07, 6.45) is -1.35. The van der Waals surface area contributed by atoms with E-state index >= 15 is 0 Å². The second-order valence-corrected chi connectivity index (χ2v) is 3.84. The van der Waals surface area contributed by atoms with Crippen LogP contribution in [0.3, 0.4) is 0 Å². The predicted octanol–water partition coefficient (Wildman–Crippen LogP) is 1.31. The van der Waals surface area contributed by atoms with Gasteiger partial charge < -0.3 is 9.84 Å². The minimum atomic E-state index is -1.17. The third kappa shape index (κ3) is 2.04. The Balaban J connectivity index is 2.42. The molecule has 1 atom stereocenters. The van der Waals surface area contributed by atoms with Crippen LogP contribution in [0.15, 0.2) is 18.2 Å². The van der Waals surface area contributed by atoms with Crippen LogP contribution in [-0.4, -0.2) is 28.7 Å². The second kappa shape index (κ2) is 4.01. The highest BCUT2D eigenvalue weighted by molar-refractivity contribution is 6.04. The summed E-state index contributed by atoms with van der Waals surface area (Å²) in [6.45, 7) is 1.40. The van der Waals surface area contributed by atoms with Crippen molar-refractivity contribution >= 4 is 17.5 Å². The fraction of sp³-hybridized carbons (Fsp3) is 0.250. The summed E-state index contributed by atoms with van der Waals surface area (Å²) in [5.41, 5.74) is 0.685. The van der Waals surface area contributed by atoms with Crippen LogP contribution in [-0.2, 0) is 4.79 Å². The number of ether oxygens (including phenoxy) is 1. The minimum Gasteiger partial charge on any atom is -0.478 e. The van der Waals surface area contributed by atoms with Gasteiger partial charge in [-0.3, -0.25) is 9.59 Å². The van der Waals surface area contributed by atoms with Gasteiger partial charge in [0.05, 0.1) is 12.0 Å². The van der Waals surface area contributed by atoms with Gasteiger partial charge >= 0.3 is 5.97 Å². The van der Waals surface area contributed by atoms with Gasteiger partial charge in [-0.2, -0.15) is 0 Å². The highest BCUT2D eigenvalue weighted by Crippen LogP contribution is 2.28. The Kier molecular flexibility index (Phi) is 2.67. The van der Waals surface area contributed by atoms with Gasteiger partial charge in [-0.1, -0.05) is 0 Å². The molecule has 0 spiro atoms. The van der Waals surface area contributed by atoms with Crippen molar-refractivity contribution in [1.29, 1.82) is 0 Å². The van der Waals surface area contributed by atoms with E-state index in [2.05, 4.69) is 0 Å². The van der Waals surface area contributed by atoms with Gasteiger partial charge in [-0.05, 0) is 25.1 Å². The molecule has 88 valence electrons. The molecule has 0 saturated heterocycles. The summed E-state index contributed by atoms with van der Waals surface area (Å²) in [6, 6.07) is 4.41. The van der Waals surface area contributed by atoms with Crippen LogP contribution in [0.2, 0.25) is 0 Å². The summed E-state index contributed by atoms with van der Waals surface area (Å²) in [5, 5.41) is 8.79. The molecule has 5 heteroatoms. The number of carboxylic acids is 1. The summed E-state index contributed by atoms with van der Waals surface area (Å²) in [4.78, 5) is 33.6. The number of rotatable bonds is 2. The van der Waals surface area contributed by atoms with Crippen LogP contribution >= 0.6 is 0 Å². The molecule has 1 heterocycles. The van der Waals surface area contributed by atoms with Crippen LogP contribution in [0.1, 0.15) is 34.1 Å². The van der Waals surface area contributed by atoms with Gasteiger partial charge in [0.2, 0.25) is 6.10 Å². The van der Waals surface area contributed by atoms with Gasteiger partial charge in [-0.15, -0.1) is 0 Å². The molecule has 1 N–H and O–H groups in total. The third-order valence-corrected chi connectivity index (χ3v) is 2.60. The first kappa shape index (κ1) is 11.3. The first-order chi connectivity index (χ1) is 7.99. The predicted molar refractivity (Wildman–Crippen MR) is 57.4 cm³/mol. The quantitative estimate of drug-likeness (QED) is 0.780. The summed E-state index contributed by atoms with van der Waals surface area (Å²) < 4.78 is 5.17. The van der Waals surface area contributed by atoms with Gasteiger partial charge in [-0.25, -0.2) is 4.79 Å². The Labute approximate surface area is 97.0 Å². The smallest absolute Gasteiger partial charge is 0.345 e. The van der Waals surface area contributed by atoms with E-state index in [9.17, 15) is 14.4 Å². The number of Topliss-reactive ketones (excluding diaryl/α,β-unsaturated/α-hetero) is 2. The SMILES string of the molecule is CC(=O)c1ccc2c(c1)C(=O)C[C@@H](C(=O)O)O2. The Bertz CT molecular complexity index is 518. The lowest BCUT2D eigenvalue weighted by molar-refractivity contribution is -0.145. The van der Waals surface area contributed by atoms with E-state index in [1.165, 1.54) is 25.1 Å². The fourth-order valence-corrected chi connectivity index (χ4v) is 1.68. The highest BCUT2D eigenvalue weighted by atomic mass is 16.5. The zero-order valence-corrected chi connectivity index (χ0v) is 9.10.